The molecule has 1 amide bonds. The van der Waals surface area contributed by atoms with E-state index in [0.29, 0.717) is 16.7 Å². The fraction of sp³-hybridized carbons (Fsp3) is 0.154. The number of hydrogen-bond donors (Lipinski definition) is 1. The number of halogens is 2. The quantitative estimate of drug-likeness (QED) is 0.170. The van der Waals surface area contributed by atoms with Gasteiger partial charge in [0.2, 0.25) is 5.91 Å². The van der Waals surface area contributed by atoms with E-state index in [1.54, 1.807) is 24.3 Å². The summed E-state index contributed by atoms with van der Waals surface area (Å²) in [6, 6.07) is 15.0. The number of para-hydroxylation sites is 2. The van der Waals surface area contributed by atoms with Crippen LogP contribution < -0.4 is 20.4 Å². The number of alkyl halides is 2. The molecule has 2 heterocycles. The molecule has 0 unspecified atom stereocenters. The minimum absolute atomic E-state index is 0.0799. The molecule has 196 valence electrons. The number of pyridine rings is 1. The first-order chi connectivity index (χ1) is 18.3. The Hall–Kier alpha value is -4.45. The van der Waals surface area contributed by atoms with Gasteiger partial charge in [-0.05, 0) is 36.4 Å². The molecular weight excluding hydrogens is 522 g/mol. The number of anilines is 1. The van der Waals surface area contributed by atoms with Crippen LogP contribution in [0.4, 0.5) is 14.5 Å². The Morgan fingerprint density at radius 2 is 1.92 bits per heavy atom. The number of nitrogens with zero attached hydrogens (tertiary/aromatic N) is 1. The number of aromatic nitrogens is 1. The van der Waals surface area contributed by atoms with E-state index in [2.05, 4.69) is 15.0 Å². The molecule has 0 saturated heterocycles. The number of hydrogen-bond acceptors (Lipinski definition) is 9. The Balaban J connectivity index is 1.42. The van der Waals surface area contributed by atoms with E-state index in [9.17, 15) is 23.2 Å². The molecule has 2 aromatic carbocycles. The molecule has 38 heavy (non-hydrogen) atoms. The standard InChI is InChI=1S/C26H20F2N2O7S/c1-34-16-8-9-17-15(11-23(32)36-21(17)12-16)13-35-25(33)18-5-4-10-29-24(18)38-14-22(31)30-19-6-2-3-7-20(19)37-26(27)28/h2-12,26H,13-14H2,1H3,(H,30,31). The van der Waals surface area contributed by atoms with E-state index in [4.69, 9.17) is 13.9 Å². The van der Waals surface area contributed by atoms with Gasteiger partial charge in [-0.3, -0.25) is 4.79 Å². The minimum atomic E-state index is -3.05. The van der Waals surface area contributed by atoms with Crippen molar-refractivity contribution >= 4 is 40.3 Å². The number of nitrogens with one attached hydrogen (secondary N) is 1. The lowest BCUT2D eigenvalue weighted by molar-refractivity contribution is -0.113. The number of benzene rings is 2. The lowest BCUT2D eigenvalue weighted by atomic mass is 10.1. The van der Waals surface area contributed by atoms with Gasteiger partial charge >= 0.3 is 18.2 Å². The molecule has 0 spiro atoms. The number of fused-ring (bicyclic) bond motifs is 1. The van der Waals surface area contributed by atoms with Crippen molar-refractivity contribution in [2.75, 3.05) is 18.2 Å². The van der Waals surface area contributed by atoms with Crippen LogP contribution in [0.1, 0.15) is 15.9 Å². The number of ether oxygens (including phenoxy) is 3. The third-order valence-corrected chi connectivity index (χ3v) is 6.11. The molecule has 1 N–H and O–H groups in total. The lowest BCUT2D eigenvalue weighted by Gasteiger charge is -2.12. The highest BCUT2D eigenvalue weighted by molar-refractivity contribution is 8.00. The predicted molar refractivity (Wildman–Crippen MR) is 135 cm³/mol. The average molecular weight is 543 g/mol. The number of esters is 1. The first kappa shape index (κ1) is 26.6. The molecule has 0 fully saturated rings. The van der Waals surface area contributed by atoms with Gasteiger partial charge in [0.15, 0.2) is 0 Å². The van der Waals surface area contributed by atoms with Crippen molar-refractivity contribution in [3.05, 3.63) is 88.4 Å². The van der Waals surface area contributed by atoms with Crippen LogP contribution in [0.5, 0.6) is 11.5 Å². The molecule has 0 aliphatic heterocycles. The van der Waals surface area contributed by atoms with E-state index in [1.165, 1.54) is 49.7 Å². The maximum Gasteiger partial charge on any atom is 0.387 e. The minimum Gasteiger partial charge on any atom is -0.497 e. The summed E-state index contributed by atoms with van der Waals surface area (Å²) in [5, 5.41) is 3.31. The molecule has 4 aromatic rings. The van der Waals surface area contributed by atoms with Crippen LogP contribution in [0.2, 0.25) is 0 Å². The summed E-state index contributed by atoms with van der Waals surface area (Å²) in [4.78, 5) is 41.4. The van der Waals surface area contributed by atoms with E-state index >= 15 is 0 Å². The Morgan fingerprint density at radius 1 is 1.11 bits per heavy atom. The van der Waals surface area contributed by atoms with Crippen molar-refractivity contribution in [2.24, 2.45) is 0 Å². The highest BCUT2D eigenvalue weighted by atomic mass is 32.2. The zero-order valence-corrected chi connectivity index (χ0v) is 20.6. The second-order valence-corrected chi connectivity index (χ2v) is 8.56. The molecule has 12 heteroatoms. The first-order valence-electron chi connectivity index (χ1n) is 11.0. The second-order valence-electron chi connectivity index (χ2n) is 7.60. The summed E-state index contributed by atoms with van der Waals surface area (Å²) in [7, 11) is 1.48. The van der Waals surface area contributed by atoms with Gasteiger partial charge in [-0.1, -0.05) is 23.9 Å². The molecular formula is C26H20F2N2O7S. The van der Waals surface area contributed by atoms with Crippen molar-refractivity contribution in [1.82, 2.24) is 4.98 Å². The topological polar surface area (TPSA) is 117 Å². The van der Waals surface area contributed by atoms with Crippen LogP contribution in [0.25, 0.3) is 11.0 Å². The van der Waals surface area contributed by atoms with Gasteiger partial charge in [0.1, 0.15) is 28.7 Å². The summed E-state index contributed by atoms with van der Waals surface area (Å²) in [6.45, 7) is -3.26. The number of amides is 1. The van der Waals surface area contributed by atoms with Gasteiger partial charge < -0.3 is 23.9 Å². The molecule has 4 rings (SSSR count). The lowest BCUT2D eigenvalue weighted by Crippen LogP contribution is -2.16. The van der Waals surface area contributed by atoms with Gasteiger partial charge in [0, 0.05) is 29.3 Å². The van der Waals surface area contributed by atoms with Gasteiger partial charge in [-0.15, -0.1) is 0 Å². The molecule has 0 atom stereocenters. The second kappa shape index (κ2) is 12.2. The average Bonchev–Trinajstić information content (AvgIpc) is 2.90. The third-order valence-electron chi connectivity index (χ3n) is 5.10. The Labute approximate surface area is 218 Å². The van der Waals surface area contributed by atoms with E-state index in [0.717, 1.165) is 11.8 Å². The highest BCUT2D eigenvalue weighted by Gasteiger charge is 2.18. The van der Waals surface area contributed by atoms with E-state index in [-0.39, 0.29) is 40.0 Å². The van der Waals surface area contributed by atoms with Crippen LogP contribution in [0.15, 0.2) is 81.1 Å². The maximum absolute atomic E-state index is 12.9. The van der Waals surface area contributed by atoms with Gasteiger partial charge in [-0.2, -0.15) is 8.78 Å². The number of thioether (sulfide) groups is 1. The van der Waals surface area contributed by atoms with Crippen molar-refractivity contribution in [3.8, 4) is 11.5 Å². The zero-order chi connectivity index (χ0) is 27.1. The van der Waals surface area contributed by atoms with E-state index < -0.39 is 24.1 Å². The number of methoxy groups -OCH3 is 1. The summed E-state index contributed by atoms with van der Waals surface area (Å²) in [6.07, 6.45) is 1.45. The fourth-order valence-corrected chi connectivity index (χ4v) is 4.21. The monoisotopic (exact) mass is 542 g/mol. The smallest absolute Gasteiger partial charge is 0.387 e. The zero-order valence-electron chi connectivity index (χ0n) is 19.8. The molecule has 0 saturated carbocycles. The van der Waals surface area contributed by atoms with Crippen LogP contribution in [0.3, 0.4) is 0 Å². The van der Waals surface area contributed by atoms with Gasteiger partial charge in [0.25, 0.3) is 0 Å². The first-order valence-corrected chi connectivity index (χ1v) is 12.0. The molecule has 9 nitrogen and oxygen atoms in total. The maximum atomic E-state index is 12.9. The van der Waals surface area contributed by atoms with E-state index in [1.807, 2.05) is 0 Å². The fourth-order valence-electron chi connectivity index (χ4n) is 3.43. The largest absolute Gasteiger partial charge is 0.497 e. The molecule has 0 bridgehead atoms. The van der Waals surface area contributed by atoms with Gasteiger partial charge in [-0.25, -0.2) is 14.6 Å². The predicted octanol–water partition coefficient (Wildman–Crippen LogP) is 4.89. The molecule has 0 aliphatic carbocycles. The Morgan fingerprint density at radius 3 is 2.71 bits per heavy atom. The highest BCUT2D eigenvalue weighted by Crippen LogP contribution is 2.27. The number of carbonyl (C=O) groups is 2. The normalized spacial score (nSPS) is 10.8. The third kappa shape index (κ3) is 6.65. The summed E-state index contributed by atoms with van der Waals surface area (Å²) >= 11 is 0.961. The van der Waals surface area contributed by atoms with Crippen molar-refractivity contribution < 1.29 is 37.0 Å². The van der Waals surface area contributed by atoms with Gasteiger partial charge in [0.05, 0.1) is 24.1 Å². The van der Waals surface area contributed by atoms with Crippen molar-refractivity contribution in [3.63, 3.8) is 0 Å². The van der Waals surface area contributed by atoms with Crippen LogP contribution in [-0.2, 0) is 16.1 Å². The van der Waals surface area contributed by atoms with Crippen LogP contribution in [-0.4, -0.2) is 36.3 Å². The summed E-state index contributed by atoms with van der Waals surface area (Å²) < 4.78 is 45.4. The molecule has 0 aliphatic rings. The number of carbonyl (C=O) groups excluding carboxylic acids is 2. The molecule has 0 radical (unpaired) electrons. The SMILES string of the molecule is COc1ccc2c(COC(=O)c3cccnc3SCC(=O)Nc3ccccc3OC(F)F)cc(=O)oc2c1. The van der Waals surface area contributed by atoms with Crippen molar-refractivity contribution in [2.45, 2.75) is 18.2 Å². The Bertz CT molecular complexity index is 1530. The molecule has 2 aromatic heterocycles. The van der Waals surface area contributed by atoms with Crippen LogP contribution >= 0.6 is 11.8 Å². The Kier molecular flexibility index (Phi) is 8.54. The summed E-state index contributed by atoms with van der Waals surface area (Å²) in [5.74, 6) is -1.09. The number of rotatable bonds is 10. The van der Waals surface area contributed by atoms with Crippen LogP contribution in [0, 0.1) is 0 Å². The summed E-state index contributed by atoms with van der Waals surface area (Å²) in [5.41, 5.74) is 0.305. The van der Waals surface area contributed by atoms with Crippen molar-refractivity contribution in [1.29, 1.82) is 0 Å².